The van der Waals surface area contributed by atoms with Gasteiger partial charge in [-0.15, -0.1) is 0 Å². The topological polar surface area (TPSA) is 15.6 Å². The van der Waals surface area contributed by atoms with Crippen LogP contribution in [0.2, 0.25) is 0 Å². The van der Waals surface area contributed by atoms with E-state index in [1.807, 2.05) is 18.2 Å². The van der Waals surface area contributed by atoms with Crippen LogP contribution in [-0.4, -0.2) is 6.72 Å². The summed E-state index contributed by atoms with van der Waals surface area (Å²) in [7, 11) is 0. The fraction of sp³-hybridized carbons (Fsp3) is 0.129. The molecule has 72 heavy (non-hydrogen) atoms. The molecule has 2 nitrogen and oxygen atoms in total. The Morgan fingerprint density at radius 3 is 1.97 bits per heavy atom. The van der Waals surface area contributed by atoms with Crippen LogP contribution in [0.4, 0.5) is 11.4 Å². The highest BCUT2D eigenvalue weighted by molar-refractivity contribution is 5.89. The number of nitrogens with zero attached hydrogens (tertiary/aromatic N) is 2. The summed E-state index contributed by atoms with van der Waals surface area (Å²) in [6.45, 7) is 16.4. The first kappa shape index (κ1) is 48.7. The van der Waals surface area contributed by atoms with Crippen molar-refractivity contribution >= 4 is 51.9 Å². The molecule has 0 fully saturated rings. The van der Waals surface area contributed by atoms with Gasteiger partial charge in [-0.2, -0.15) is 0 Å². The predicted octanol–water partition coefficient (Wildman–Crippen LogP) is 17.5. The zero-order valence-corrected chi connectivity index (χ0v) is 42.2. The molecular formula is C70H64N2. The number of rotatable bonds is 6. The molecule has 0 radical (unpaired) electrons. The van der Waals surface area contributed by atoms with Crippen LogP contribution in [0, 0.1) is 26.7 Å². The van der Waals surface area contributed by atoms with E-state index in [1.54, 1.807) is 0 Å². The van der Waals surface area contributed by atoms with E-state index in [4.69, 9.17) is 0 Å². The Balaban J connectivity index is 0.000000138. The van der Waals surface area contributed by atoms with Crippen LogP contribution in [0.3, 0.4) is 0 Å². The molecule has 2 atom stereocenters. The molecule has 354 valence electrons. The van der Waals surface area contributed by atoms with Gasteiger partial charge < -0.3 is 4.90 Å². The van der Waals surface area contributed by atoms with E-state index in [0.717, 1.165) is 35.4 Å². The highest BCUT2D eigenvalue weighted by atomic mass is 15.2. The molecule has 9 aromatic rings. The zero-order valence-electron chi connectivity index (χ0n) is 42.2. The monoisotopic (exact) mass is 933 g/mol. The van der Waals surface area contributed by atoms with Crippen LogP contribution < -0.4 is 15.3 Å². The van der Waals surface area contributed by atoms with Crippen LogP contribution in [0.5, 0.6) is 0 Å². The largest absolute Gasteiger partial charge is 0.313 e. The predicted molar refractivity (Wildman–Crippen MR) is 312 cm³/mol. The standard InChI is InChI=1S/C33H29N.C15H15N.2C11H10/c1-3-24-16-18-30-31-19-17-26(22-33(31)34(32(30)21-24)27-12-5-4-6-13-27)29-15-8-7-14-28(29)25-11-9-10-23(2)20-25;1-12-8-6-7-11-14(12)15(16-2)13-9-4-3-5-10-13;1-9-5-4-7-10-6-2-3-8-11(9)10;1-9-6-7-10-4-2-3-5-11(10)8-9/h4-17,19-22,30H,3,18H2,1-2H3;3-9,11,13H,1-2,10H2;2*2-8H,1H3/b;15-14-;;. The van der Waals surface area contributed by atoms with Gasteiger partial charge in [0.25, 0.3) is 0 Å². The van der Waals surface area contributed by atoms with E-state index in [0.29, 0.717) is 11.8 Å². The Morgan fingerprint density at radius 1 is 0.583 bits per heavy atom. The molecule has 3 aliphatic rings. The molecule has 2 unspecified atom stereocenters. The highest BCUT2D eigenvalue weighted by Gasteiger charge is 2.36. The van der Waals surface area contributed by atoms with E-state index in [2.05, 4.69) is 275 Å². The fourth-order valence-electron chi connectivity index (χ4n) is 10.1. The Kier molecular flexibility index (Phi) is 15.6. The fourth-order valence-corrected chi connectivity index (χ4v) is 10.1. The third kappa shape index (κ3) is 11.2. The third-order valence-corrected chi connectivity index (χ3v) is 13.9. The molecule has 2 heteroatoms. The lowest BCUT2D eigenvalue weighted by atomic mass is 9.87. The minimum Gasteiger partial charge on any atom is -0.313 e. The average Bonchev–Trinajstić information content (AvgIpc) is 3.75. The summed E-state index contributed by atoms with van der Waals surface area (Å²) in [5, 5.41) is 7.43. The Morgan fingerprint density at radius 2 is 1.25 bits per heavy atom. The van der Waals surface area contributed by atoms with Crippen LogP contribution in [-0.2, 0) is 0 Å². The summed E-state index contributed by atoms with van der Waals surface area (Å²) >= 11 is 0. The number of hydrogen-bond acceptors (Lipinski definition) is 2. The Hall–Kier alpha value is -8.33. The van der Waals surface area contributed by atoms with Crippen LogP contribution in [0.25, 0.3) is 56.1 Å². The molecule has 0 N–H and O–H groups in total. The van der Waals surface area contributed by atoms with Crippen LogP contribution in [0.15, 0.2) is 259 Å². The van der Waals surface area contributed by atoms with Gasteiger partial charge in [0, 0.05) is 28.4 Å². The molecule has 9 aromatic carbocycles. The number of allylic oxidation sites excluding steroid dienone is 7. The van der Waals surface area contributed by atoms with E-state index < -0.39 is 0 Å². The lowest BCUT2D eigenvalue weighted by Crippen LogP contribution is -2.26. The minimum absolute atomic E-state index is 0.324. The van der Waals surface area contributed by atoms with Crippen molar-refractivity contribution in [1.82, 2.24) is 0 Å². The van der Waals surface area contributed by atoms with E-state index in [-0.39, 0.29) is 0 Å². The van der Waals surface area contributed by atoms with Crippen molar-refractivity contribution in [3.63, 3.8) is 0 Å². The van der Waals surface area contributed by atoms with Crippen molar-refractivity contribution in [2.45, 2.75) is 52.9 Å². The molecule has 0 spiro atoms. The summed E-state index contributed by atoms with van der Waals surface area (Å²) < 4.78 is 0. The first-order valence-corrected chi connectivity index (χ1v) is 25.3. The smallest absolute Gasteiger partial charge is 0.0546 e. The normalized spacial score (nSPS) is 15.5. The average molecular weight is 933 g/mol. The summed E-state index contributed by atoms with van der Waals surface area (Å²) in [5.74, 6) is 0.747. The highest BCUT2D eigenvalue weighted by Crippen LogP contribution is 2.52. The maximum Gasteiger partial charge on any atom is 0.0546 e. The quantitative estimate of drug-likeness (QED) is 0.152. The van der Waals surface area contributed by atoms with Gasteiger partial charge >= 0.3 is 0 Å². The van der Waals surface area contributed by atoms with Gasteiger partial charge in [-0.05, 0) is 131 Å². The number of hydrogen-bond donors (Lipinski definition) is 0. The summed E-state index contributed by atoms with van der Waals surface area (Å²) in [6, 6.07) is 73.3. The van der Waals surface area contributed by atoms with E-state index >= 15 is 0 Å². The van der Waals surface area contributed by atoms with Gasteiger partial charge in [-0.3, -0.25) is 4.99 Å². The van der Waals surface area contributed by atoms with Crippen LogP contribution in [0.1, 0.15) is 54.4 Å². The third-order valence-electron chi connectivity index (χ3n) is 13.9. The second kappa shape index (κ2) is 23.1. The van der Waals surface area contributed by atoms with Gasteiger partial charge in [-0.1, -0.05) is 249 Å². The van der Waals surface area contributed by atoms with Gasteiger partial charge in [0.1, 0.15) is 0 Å². The Bertz CT molecular complexity index is 3600. The molecule has 0 aromatic heterocycles. The molecule has 12 rings (SSSR count). The van der Waals surface area contributed by atoms with Crippen molar-refractivity contribution in [3.05, 3.63) is 287 Å². The van der Waals surface area contributed by atoms with Crippen LogP contribution >= 0.6 is 0 Å². The second-order valence-corrected chi connectivity index (χ2v) is 18.9. The first-order chi connectivity index (χ1) is 35.3. The van der Waals surface area contributed by atoms with Crippen molar-refractivity contribution in [2.24, 2.45) is 10.9 Å². The number of para-hydroxylation sites is 1. The Labute approximate surface area is 427 Å². The van der Waals surface area contributed by atoms with Crippen molar-refractivity contribution < 1.29 is 0 Å². The number of fused-ring (bicyclic) bond motifs is 5. The van der Waals surface area contributed by atoms with Gasteiger partial charge in [-0.25, -0.2) is 0 Å². The van der Waals surface area contributed by atoms with Crippen molar-refractivity contribution in [2.75, 3.05) is 4.90 Å². The molecule has 2 aliphatic carbocycles. The number of aryl methyl sites for hydroxylation is 3. The molecular weight excluding hydrogens is 869 g/mol. The number of aliphatic imine (C=N–C) groups is 1. The second-order valence-electron chi connectivity index (χ2n) is 18.9. The van der Waals surface area contributed by atoms with Crippen molar-refractivity contribution in [3.8, 4) is 22.3 Å². The molecule has 0 saturated carbocycles. The van der Waals surface area contributed by atoms with Crippen molar-refractivity contribution in [1.29, 1.82) is 0 Å². The summed E-state index contributed by atoms with van der Waals surface area (Å²) in [5.41, 5.74) is 16.9. The van der Waals surface area contributed by atoms with E-state index in [9.17, 15) is 0 Å². The maximum absolute atomic E-state index is 4.18. The lowest BCUT2D eigenvalue weighted by Gasteiger charge is -2.26. The van der Waals surface area contributed by atoms with Gasteiger partial charge in [0.15, 0.2) is 0 Å². The van der Waals surface area contributed by atoms with Gasteiger partial charge in [0.05, 0.1) is 11.4 Å². The van der Waals surface area contributed by atoms with Gasteiger partial charge in [0.2, 0.25) is 0 Å². The summed E-state index contributed by atoms with van der Waals surface area (Å²) in [4.78, 5) is 6.67. The lowest BCUT2D eigenvalue weighted by molar-refractivity contribution is 0.803. The molecule has 1 aliphatic heterocycles. The maximum atomic E-state index is 4.18. The number of anilines is 2. The number of benzene rings is 9. The molecule has 0 saturated heterocycles. The summed E-state index contributed by atoms with van der Waals surface area (Å²) in [6.07, 6.45) is 16.4. The SMILES string of the molecule is C=N/C(=c1/ccccc1=C)C1C=CC=CC1.CCC1=CCC2C(=C1)N(c1ccccc1)c1cc(-c3ccccc3-c3cccc(C)c3)ccc12.Cc1ccc2ccccc2c1.Cc1cccc2ccccc12. The molecule has 0 bridgehead atoms. The zero-order chi connectivity index (χ0) is 49.8. The van der Waals surface area contributed by atoms with E-state index in [1.165, 1.54) is 88.7 Å². The molecule has 0 amide bonds. The minimum atomic E-state index is 0.324. The first-order valence-electron chi connectivity index (χ1n) is 25.3. The molecule has 1 heterocycles.